The van der Waals surface area contributed by atoms with Gasteiger partial charge in [0.2, 0.25) is 0 Å². The monoisotopic (exact) mass is 466 g/mol. The molecule has 5 atom stereocenters. The van der Waals surface area contributed by atoms with E-state index in [9.17, 15) is 28.2 Å². The van der Waals surface area contributed by atoms with Gasteiger partial charge >= 0.3 is 29.2 Å². The normalized spacial score (nSPS) is 27.2. The Morgan fingerprint density at radius 1 is 1.18 bits per heavy atom. The summed E-state index contributed by atoms with van der Waals surface area (Å²) in [6.07, 6.45) is -0.207. The van der Waals surface area contributed by atoms with Crippen molar-refractivity contribution in [2.45, 2.75) is 25.7 Å². The van der Waals surface area contributed by atoms with Gasteiger partial charge in [-0.2, -0.15) is 8.62 Å². The standard InChI is InChI=1S/C10H17N2O13P3/c1-6-4-7(23-9(6)12-3-2-8(13)11-10(12)14)5-22-27(18,19)25-28(20,21)24-26(15,16)17/h2-3,6-7,9H,4-5H2,1H3,(H,18,19)(H,20,21)(H,11,13,14)(H2,15,16,17). The van der Waals surface area contributed by atoms with E-state index in [1.54, 1.807) is 6.92 Å². The van der Waals surface area contributed by atoms with Gasteiger partial charge in [0.1, 0.15) is 6.23 Å². The highest BCUT2D eigenvalue weighted by Gasteiger charge is 2.42. The molecule has 15 nitrogen and oxygen atoms in total. The van der Waals surface area contributed by atoms with Crippen LogP contribution in [0, 0.1) is 5.92 Å². The van der Waals surface area contributed by atoms with Crippen LogP contribution >= 0.6 is 23.5 Å². The second-order valence-corrected chi connectivity index (χ2v) is 10.2. The first-order valence-electron chi connectivity index (χ1n) is 7.43. The number of nitrogens with zero attached hydrogens (tertiary/aromatic N) is 1. The zero-order chi connectivity index (χ0) is 21.3. The molecule has 1 aromatic heterocycles. The van der Waals surface area contributed by atoms with E-state index in [2.05, 4.69) is 18.1 Å². The maximum Gasteiger partial charge on any atom is 0.490 e. The fourth-order valence-electron chi connectivity index (χ4n) is 2.47. The highest BCUT2D eigenvalue weighted by atomic mass is 31.3. The molecule has 160 valence electrons. The van der Waals surface area contributed by atoms with E-state index in [0.29, 0.717) is 0 Å². The Morgan fingerprint density at radius 2 is 1.82 bits per heavy atom. The van der Waals surface area contributed by atoms with Gasteiger partial charge in [-0.15, -0.1) is 0 Å². The van der Waals surface area contributed by atoms with E-state index in [-0.39, 0.29) is 12.3 Å². The average molecular weight is 466 g/mol. The van der Waals surface area contributed by atoms with E-state index in [0.717, 1.165) is 10.6 Å². The van der Waals surface area contributed by atoms with Crippen LogP contribution in [0.2, 0.25) is 0 Å². The van der Waals surface area contributed by atoms with Gasteiger partial charge in [0, 0.05) is 18.2 Å². The molecule has 5 N–H and O–H groups in total. The molecular formula is C10H17N2O13P3. The SMILES string of the molecule is CC1CC(COP(=O)(O)OP(=O)(O)OP(=O)(O)O)OC1n1ccc(=O)[nH]c1=O. The summed E-state index contributed by atoms with van der Waals surface area (Å²) in [7, 11) is -16.3. The maximum atomic E-state index is 11.8. The van der Waals surface area contributed by atoms with E-state index in [1.165, 1.54) is 6.20 Å². The molecule has 1 aliphatic heterocycles. The summed E-state index contributed by atoms with van der Waals surface area (Å²) >= 11 is 0. The first kappa shape index (κ1) is 23.3. The number of ether oxygens (including phenoxy) is 1. The van der Waals surface area contributed by atoms with E-state index in [1.807, 2.05) is 0 Å². The first-order valence-corrected chi connectivity index (χ1v) is 11.9. The molecule has 5 unspecified atom stereocenters. The Labute approximate surface area is 156 Å². The van der Waals surface area contributed by atoms with Crippen LogP contribution < -0.4 is 11.2 Å². The highest BCUT2D eigenvalue weighted by molar-refractivity contribution is 7.66. The molecular weight excluding hydrogens is 449 g/mol. The van der Waals surface area contributed by atoms with Crippen molar-refractivity contribution in [3.8, 4) is 0 Å². The number of hydrogen-bond donors (Lipinski definition) is 5. The lowest BCUT2D eigenvalue weighted by atomic mass is 10.1. The largest absolute Gasteiger partial charge is 0.490 e. The third-order valence-electron chi connectivity index (χ3n) is 3.42. The summed E-state index contributed by atoms with van der Waals surface area (Å²) in [5.74, 6) is -0.280. The molecule has 0 radical (unpaired) electrons. The molecule has 0 bridgehead atoms. The molecule has 2 rings (SSSR count). The van der Waals surface area contributed by atoms with Gasteiger partial charge in [0.25, 0.3) is 5.56 Å². The molecule has 0 aromatic carbocycles. The van der Waals surface area contributed by atoms with Gasteiger partial charge in [-0.25, -0.2) is 18.5 Å². The Morgan fingerprint density at radius 3 is 2.39 bits per heavy atom. The molecule has 0 aliphatic carbocycles. The average Bonchev–Trinajstić information content (AvgIpc) is 2.82. The molecule has 0 spiro atoms. The van der Waals surface area contributed by atoms with Crippen molar-refractivity contribution < 1.29 is 51.2 Å². The van der Waals surface area contributed by atoms with Crippen LogP contribution in [0.4, 0.5) is 0 Å². The van der Waals surface area contributed by atoms with Gasteiger partial charge < -0.3 is 24.3 Å². The lowest BCUT2D eigenvalue weighted by molar-refractivity contribution is -0.0332. The van der Waals surface area contributed by atoms with Gasteiger partial charge in [0.15, 0.2) is 0 Å². The molecule has 18 heteroatoms. The number of H-pyrrole nitrogens is 1. The lowest BCUT2D eigenvalue weighted by Gasteiger charge is -2.19. The number of aromatic amines is 1. The van der Waals surface area contributed by atoms with Gasteiger partial charge in [-0.05, 0) is 6.42 Å². The van der Waals surface area contributed by atoms with Crippen molar-refractivity contribution in [1.82, 2.24) is 9.55 Å². The lowest BCUT2D eigenvalue weighted by Crippen LogP contribution is -2.33. The summed E-state index contributed by atoms with van der Waals surface area (Å²) in [6.45, 7) is 1.08. The number of nitrogens with one attached hydrogen (secondary N) is 1. The number of rotatable bonds is 8. The second-order valence-electron chi connectivity index (χ2n) is 5.77. The van der Waals surface area contributed by atoms with Gasteiger partial charge in [-0.1, -0.05) is 6.92 Å². The van der Waals surface area contributed by atoms with Gasteiger partial charge in [-0.3, -0.25) is 18.9 Å². The topological polar surface area (TPSA) is 224 Å². The predicted octanol–water partition coefficient (Wildman–Crippen LogP) is -0.197. The van der Waals surface area contributed by atoms with Crippen LogP contribution in [0.1, 0.15) is 19.6 Å². The maximum absolute atomic E-state index is 11.8. The summed E-state index contributed by atoms with van der Waals surface area (Å²) in [5, 5.41) is 0. The summed E-state index contributed by atoms with van der Waals surface area (Å²) < 4.78 is 51.8. The molecule has 1 aliphatic rings. The summed E-state index contributed by atoms with van der Waals surface area (Å²) in [6, 6.07) is 1.11. The second kappa shape index (κ2) is 8.42. The van der Waals surface area contributed by atoms with Crippen molar-refractivity contribution in [2.24, 2.45) is 5.92 Å². The third kappa shape index (κ3) is 6.83. The van der Waals surface area contributed by atoms with E-state index in [4.69, 9.17) is 19.4 Å². The molecule has 2 heterocycles. The van der Waals surface area contributed by atoms with E-state index >= 15 is 0 Å². The third-order valence-corrected chi connectivity index (χ3v) is 7.22. The van der Waals surface area contributed by atoms with Crippen LogP contribution in [-0.4, -0.2) is 41.8 Å². The quantitative estimate of drug-likeness (QED) is 0.314. The van der Waals surface area contributed by atoms with Crippen LogP contribution in [0.25, 0.3) is 0 Å². The number of phosphoric acid groups is 3. The molecule has 1 saturated heterocycles. The summed E-state index contributed by atoms with van der Waals surface area (Å²) in [4.78, 5) is 60.4. The minimum absolute atomic E-state index is 0.242. The van der Waals surface area contributed by atoms with Crippen LogP contribution in [0.3, 0.4) is 0 Å². The van der Waals surface area contributed by atoms with Crippen LogP contribution in [0.15, 0.2) is 21.9 Å². The van der Waals surface area contributed by atoms with Crippen molar-refractivity contribution in [3.63, 3.8) is 0 Å². The van der Waals surface area contributed by atoms with Crippen LogP contribution in [-0.2, 0) is 31.6 Å². The molecule has 1 aromatic rings. The summed E-state index contributed by atoms with van der Waals surface area (Å²) in [5.41, 5.74) is -1.33. The van der Waals surface area contributed by atoms with E-state index < -0.39 is 53.7 Å². The fourth-order valence-corrected chi connectivity index (χ4v) is 5.52. The fraction of sp³-hybridized carbons (Fsp3) is 0.600. The van der Waals surface area contributed by atoms with Crippen molar-refractivity contribution in [1.29, 1.82) is 0 Å². The van der Waals surface area contributed by atoms with Crippen molar-refractivity contribution in [2.75, 3.05) is 6.61 Å². The number of phosphoric ester groups is 1. The molecule has 1 fully saturated rings. The molecule has 28 heavy (non-hydrogen) atoms. The Kier molecular flexibility index (Phi) is 7.02. The minimum Gasteiger partial charge on any atom is -0.352 e. The minimum atomic E-state index is -5.60. The van der Waals surface area contributed by atoms with Crippen molar-refractivity contribution >= 4 is 23.5 Å². The smallest absolute Gasteiger partial charge is 0.352 e. The first-order chi connectivity index (χ1) is 12.7. The Balaban J connectivity index is 1.98. The zero-order valence-corrected chi connectivity index (χ0v) is 16.7. The van der Waals surface area contributed by atoms with Gasteiger partial charge in [0.05, 0.1) is 12.7 Å². The Hall–Kier alpha value is -0.950. The highest BCUT2D eigenvalue weighted by Crippen LogP contribution is 2.66. The van der Waals surface area contributed by atoms with Crippen molar-refractivity contribution in [3.05, 3.63) is 33.1 Å². The molecule has 0 saturated carbocycles. The Bertz CT molecular complexity index is 966. The number of hydrogen-bond acceptors (Lipinski definition) is 9. The molecule has 0 amide bonds. The zero-order valence-electron chi connectivity index (χ0n) is 14.1. The van der Waals surface area contributed by atoms with Crippen LogP contribution in [0.5, 0.6) is 0 Å². The predicted molar refractivity (Wildman–Crippen MR) is 88.8 cm³/mol. The number of aromatic nitrogens is 2.